The van der Waals surface area contributed by atoms with Crippen molar-refractivity contribution in [3.8, 4) is 0 Å². The Bertz CT molecular complexity index is 646. The van der Waals surface area contributed by atoms with Crippen LogP contribution < -0.4 is 0 Å². The number of carbonyl (C=O) groups excluding carboxylic acids is 1. The van der Waals surface area contributed by atoms with Gasteiger partial charge in [0, 0.05) is 23.8 Å². The highest BCUT2D eigenvalue weighted by Crippen LogP contribution is 2.30. The first-order chi connectivity index (χ1) is 9.30. The Morgan fingerprint density at radius 2 is 1.95 bits per heavy atom. The van der Waals surface area contributed by atoms with Crippen LogP contribution in [-0.4, -0.2) is 45.5 Å². The van der Waals surface area contributed by atoms with Gasteiger partial charge in [0.05, 0.1) is 23.2 Å². The van der Waals surface area contributed by atoms with Crippen molar-refractivity contribution in [1.82, 2.24) is 4.90 Å². The molecular weight excluding hydrogens is 377 g/mol. The van der Waals surface area contributed by atoms with Crippen molar-refractivity contribution in [3.63, 3.8) is 0 Å². The summed E-state index contributed by atoms with van der Waals surface area (Å²) in [6.45, 7) is 1.51. The second-order valence-electron chi connectivity index (χ2n) is 4.11. The Labute approximate surface area is 128 Å². The lowest BCUT2D eigenvalue weighted by molar-refractivity contribution is 0.0302. The van der Waals surface area contributed by atoms with E-state index in [9.17, 15) is 17.6 Å². The number of morpholine rings is 1. The zero-order chi connectivity index (χ0) is 14.9. The molecule has 1 aliphatic heterocycles. The number of benzene rings is 1. The molecule has 0 saturated carbocycles. The molecule has 110 valence electrons. The van der Waals surface area contributed by atoms with E-state index >= 15 is 0 Å². The predicted molar refractivity (Wildman–Crippen MR) is 73.9 cm³/mol. The van der Waals surface area contributed by atoms with Crippen LogP contribution in [0.5, 0.6) is 0 Å². The molecule has 0 aliphatic carbocycles. The zero-order valence-electron chi connectivity index (χ0n) is 10.1. The normalized spacial score (nSPS) is 16.2. The standard InChI is InChI=1S/C11H10BrClFNO4S/c12-10-8(11(16)15-1-3-19-4-2-15)5-7(14)6-9(10)20(13,17)18/h5-6H,1-4H2. The number of rotatable bonds is 2. The third-order valence-corrected chi connectivity index (χ3v) is 5.26. The summed E-state index contributed by atoms with van der Waals surface area (Å²) in [6, 6.07) is 1.75. The van der Waals surface area contributed by atoms with Gasteiger partial charge in [-0.3, -0.25) is 4.79 Å². The number of amides is 1. The van der Waals surface area contributed by atoms with Crippen LogP contribution >= 0.6 is 26.6 Å². The SMILES string of the molecule is O=C(c1cc(F)cc(S(=O)(=O)Cl)c1Br)N1CCOCC1. The minimum absolute atomic E-state index is 0.0367. The zero-order valence-corrected chi connectivity index (χ0v) is 13.3. The summed E-state index contributed by atoms with van der Waals surface area (Å²) < 4.78 is 41.4. The minimum atomic E-state index is -4.15. The summed E-state index contributed by atoms with van der Waals surface area (Å²) >= 11 is 3.01. The summed E-state index contributed by atoms with van der Waals surface area (Å²) in [5.74, 6) is -1.31. The van der Waals surface area contributed by atoms with Gasteiger partial charge in [0.15, 0.2) is 0 Å². The van der Waals surface area contributed by atoms with Gasteiger partial charge in [-0.2, -0.15) is 0 Å². The molecule has 1 saturated heterocycles. The number of halogens is 3. The summed E-state index contributed by atoms with van der Waals surface area (Å²) in [5, 5.41) is 0. The van der Waals surface area contributed by atoms with Gasteiger partial charge in [0.1, 0.15) is 10.7 Å². The third-order valence-electron chi connectivity index (χ3n) is 2.80. The first-order valence-corrected chi connectivity index (χ1v) is 8.71. The molecule has 0 atom stereocenters. The quantitative estimate of drug-likeness (QED) is 0.729. The van der Waals surface area contributed by atoms with Crippen LogP contribution in [0.4, 0.5) is 4.39 Å². The van der Waals surface area contributed by atoms with Crippen LogP contribution in [-0.2, 0) is 13.8 Å². The van der Waals surface area contributed by atoms with Crippen LogP contribution in [0.1, 0.15) is 10.4 Å². The largest absolute Gasteiger partial charge is 0.378 e. The van der Waals surface area contributed by atoms with Crippen molar-refractivity contribution in [2.75, 3.05) is 26.3 Å². The van der Waals surface area contributed by atoms with Gasteiger partial charge in [-0.1, -0.05) is 0 Å². The monoisotopic (exact) mass is 385 g/mol. The maximum Gasteiger partial charge on any atom is 0.262 e. The topological polar surface area (TPSA) is 63.7 Å². The number of carbonyl (C=O) groups is 1. The number of hydrogen-bond donors (Lipinski definition) is 0. The van der Waals surface area contributed by atoms with Crippen LogP contribution in [0.3, 0.4) is 0 Å². The highest BCUT2D eigenvalue weighted by atomic mass is 79.9. The average Bonchev–Trinajstić information content (AvgIpc) is 2.40. The van der Waals surface area contributed by atoms with Gasteiger partial charge in [0.2, 0.25) is 0 Å². The molecule has 1 fully saturated rings. The van der Waals surface area contributed by atoms with Gasteiger partial charge in [0.25, 0.3) is 15.0 Å². The summed E-state index contributed by atoms with van der Waals surface area (Å²) in [6.07, 6.45) is 0. The van der Waals surface area contributed by atoms with Gasteiger partial charge in [-0.15, -0.1) is 0 Å². The minimum Gasteiger partial charge on any atom is -0.378 e. The van der Waals surface area contributed by atoms with Gasteiger partial charge >= 0.3 is 0 Å². The van der Waals surface area contributed by atoms with Crippen LogP contribution in [0.15, 0.2) is 21.5 Å². The van der Waals surface area contributed by atoms with Gasteiger partial charge in [-0.25, -0.2) is 12.8 Å². The molecule has 0 aromatic heterocycles. The highest BCUT2D eigenvalue weighted by Gasteiger charge is 2.26. The van der Waals surface area contributed by atoms with Crippen molar-refractivity contribution in [2.24, 2.45) is 0 Å². The maximum absolute atomic E-state index is 13.5. The Balaban J connectivity index is 2.46. The average molecular weight is 387 g/mol. The number of nitrogens with zero attached hydrogens (tertiary/aromatic N) is 1. The Morgan fingerprint density at radius 1 is 1.35 bits per heavy atom. The molecule has 0 spiro atoms. The molecule has 0 radical (unpaired) electrons. The molecule has 0 N–H and O–H groups in total. The second kappa shape index (κ2) is 5.97. The molecule has 1 amide bonds. The van der Waals surface area contributed by atoms with E-state index in [0.29, 0.717) is 26.3 Å². The third kappa shape index (κ3) is 3.30. The van der Waals surface area contributed by atoms with Crippen LogP contribution in [0, 0.1) is 5.82 Å². The molecule has 0 unspecified atom stereocenters. The highest BCUT2D eigenvalue weighted by molar-refractivity contribution is 9.10. The van der Waals surface area contributed by atoms with E-state index in [2.05, 4.69) is 15.9 Å². The predicted octanol–water partition coefficient (Wildman–Crippen LogP) is 1.99. The fourth-order valence-electron chi connectivity index (χ4n) is 1.83. The lowest BCUT2D eigenvalue weighted by Crippen LogP contribution is -2.40. The molecule has 0 bridgehead atoms. The summed E-state index contributed by atoms with van der Waals surface area (Å²) in [7, 11) is 1.08. The molecule has 1 aromatic rings. The first-order valence-electron chi connectivity index (χ1n) is 5.61. The summed E-state index contributed by atoms with van der Waals surface area (Å²) in [4.78, 5) is 13.3. The van der Waals surface area contributed by atoms with E-state index in [1.807, 2.05) is 0 Å². The van der Waals surface area contributed by atoms with Crippen LogP contribution in [0.2, 0.25) is 0 Å². The smallest absolute Gasteiger partial charge is 0.262 e. The lowest BCUT2D eigenvalue weighted by Gasteiger charge is -2.27. The Morgan fingerprint density at radius 3 is 2.50 bits per heavy atom. The molecule has 9 heteroatoms. The molecule has 2 rings (SSSR count). The van der Waals surface area contributed by atoms with E-state index in [0.717, 1.165) is 12.1 Å². The van der Waals surface area contributed by atoms with Crippen LogP contribution in [0.25, 0.3) is 0 Å². The molecule has 1 aromatic carbocycles. The van der Waals surface area contributed by atoms with Crippen molar-refractivity contribution in [3.05, 3.63) is 28.0 Å². The van der Waals surface area contributed by atoms with E-state index in [4.69, 9.17) is 15.4 Å². The van der Waals surface area contributed by atoms with E-state index in [1.54, 1.807) is 0 Å². The summed E-state index contributed by atoms with van der Waals surface area (Å²) in [5.41, 5.74) is -0.0777. The lowest BCUT2D eigenvalue weighted by atomic mass is 10.2. The maximum atomic E-state index is 13.5. The molecular formula is C11H10BrClFNO4S. The number of hydrogen-bond acceptors (Lipinski definition) is 4. The van der Waals surface area contributed by atoms with E-state index < -0.39 is 25.7 Å². The van der Waals surface area contributed by atoms with Gasteiger partial charge in [-0.05, 0) is 28.1 Å². The van der Waals surface area contributed by atoms with Crippen molar-refractivity contribution in [2.45, 2.75) is 4.90 Å². The Kier molecular flexibility index (Phi) is 4.68. The Hall–Kier alpha value is -0.700. The fourth-order valence-corrected chi connectivity index (χ4v) is 4.09. The fraction of sp³-hybridized carbons (Fsp3) is 0.364. The van der Waals surface area contributed by atoms with Crippen molar-refractivity contribution >= 4 is 41.6 Å². The molecule has 1 heterocycles. The van der Waals surface area contributed by atoms with E-state index in [-0.39, 0.29) is 10.0 Å². The van der Waals surface area contributed by atoms with Crippen molar-refractivity contribution < 1.29 is 22.3 Å². The first kappa shape index (κ1) is 15.7. The molecule has 1 aliphatic rings. The van der Waals surface area contributed by atoms with Crippen molar-refractivity contribution in [1.29, 1.82) is 0 Å². The van der Waals surface area contributed by atoms with Gasteiger partial charge < -0.3 is 9.64 Å². The van der Waals surface area contributed by atoms with E-state index in [1.165, 1.54) is 4.90 Å². The number of ether oxygens (including phenoxy) is 1. The molecule has 20 heavy (non-hydrogen) atoms. The second-order valence-corrected chi connectivity index (χ2v) is 7.44. The molecule has 5 nitrogen and oxygen atoms in total.